The van der Waals surface area contributed by atoms with Crippen LogP contribution >= 0.6 is 35.6 Å². The Morgan fingerprint density at radius 2 is 1.55 bits per heavy atom. The van der Waals surface area contributed by atoms with E-state index in [1.807, 2.05) is 0 Å². The molecular weight excluding hydrogens is 447 g/mol. The molecule has 2 rings (SSSR count). The zero-order valence-electron chi connectivity index (χ0n) is 14.7. The zero-order valence-corrected chi connectivity index (χ0v) is 17.0. The Balaban J connectivity index is 0.000000527. The quantitative estimate of drug-likeness (QED) is 0.398. The van der Waals surface area contributed by atoms with E-state index < -0.39 is 18.0 Å². The number of rotatable bonds is 4. The number of nitrogens with two attached hydrogens (primary N) is 3. The van der Waals surface area contributed by atoms with Crippen molar-refractivity contribution in [3.05, 3.63) is 63.6 Å². The Hall–Kier alpha value is -3.01. The van der Waals surface area contributed by atoms with Gasteiger partial charge in [-0.05, 0) is 35.9 Å². The Kier molecular flexibility index (Phi) is 11.2. The van der Waals surface area contributed by atoms with Crippen LogP contribution < -0.4 is 21.9 Å². The van der Waals surface area contributed by atoms with Crippen molar-refractivity contribution < 1.29 is 24.2 Å². The highest BCUT2D eigenvalue weighted by molar-refractivity contribution is 6.36. The smallest absolute Gasteiger partial charge is 0.409 e. The van der Waals surface area contributed by atoms with E-state index in [1.54, 1.807) is 18.2 Å². The third kappa shape index (κ3) is 9.65. The number of amides is 2. The number of aromatic carboxylic acids is 1. The molecule has 0 aliphatic carbocycles. The highest BCUT2D eigenvalue weighted by Gasteiger charge is 2.10. The summed E-state index contributed by atoms with van der Waals surface area (Å²) in [5.74, 6) is -1.73. The highest BCUT2D eigenvalue weighted by Crippen LogP contribution is 2.24. The minimum Gasteiger partial charge on any atom is -0.478 e. The SMILES string of the molecule is Cl.NC(=O)Oc1cccc(C(=O)O)c1.NC(N)=NC(=O)Cc1c(Cl)cccc1Cl. The van der Waals surface area contributed by atoms with Crippen molar-refractivity contribution in [1.29, 1.82) is 0 Å². The number of ether oxygens (including phenoxy) is 1. The van der Waals surface area contributed by atoms with E-state index in [0.717, 1.165) is 0 Å². The maximum atomic E-state index is 11.3. The average molecular weight is 464 g/mol. The van der Waals surface area contributed by atoms with Gasteiger partial charge in [0.2, 0.25) is 0 Å². The lowest BCUT2D eigenvalue weighted by molar-refractivity contribution is -0.117. The summed E-state index contributed by atoms with van der Waals surface area (Å²) < 4.78 is 4.48. The predicted molar refractivity (Wildman–Crippen MR) is 112 cm³/mol. The molecule has 29 heavy (non-hydrogen) atoms. The molecule has 0 bridgehead atoms. The van der Waals surface area contributed by atoms with E-state index in [2.05, 4.69) is 9.73 Å². The summed E-state index contributed by atoms with van der Waals surface area (Å²) in [4.78, 5) is 35.4. The van der Waals surface area contributed by atoms with Crippen LogP contribution in [0.1, 0.15) is 15.9 Å². The second-order valence-electron chi connectivity index (χ2n) is 5.06. The van der Waals surface area contributed by atoms with Crippen molar-refractivity contribution in [2.45, 2.75) is 6.42 Å². The molecular formula is C17H17Cl3N4O5. The number of aliphatic imine (C=N–C) groups is 1. The summed E-state index contributed by atoms with van der Waals surface area (Å²) >= 11 is 11.7. The highest BCUT2D eigenvalue weighted by atomic mass is 35.5. The number of benzene rings is 2. The fourth-order valence-corrected chi connectivity index (χ4v) is 2.38. The zero-order chi connectivity index (χ0) is 21.3. The predicted octanol–water partition coefficient (Wildman–Crippen LogP) is 2.60. The van der Waals surface area contributed by atoms with E-state index >= 15 is 0 Å². The molecule has 9 nitrogen and oxygen atoms in total. The average Bonchev–Trinajstić information content (AvgIpc) is 2.58. The maximum absolute atomic E-state index is 11.3. The summed E-state index contributed by atoms with van der Waals surface area (Å²) in [5, 5.41) is 9.41. The Bertz CT molecular complexity index is 897. The molecule has 0 spiro atoms. The Morgan fingerprint density at radius 1 is 1.00 bits per heavy atom. The first-order valence-electron chi connectivity index (χ1n) is 7.46. The van der Waals surface area contributed by atoms with Gasteiger partial charge in [0.05, 0.1) is 12.0 Å². The summed E-state index contributed by atoms with van der Waals surface area (Å²) in [6.45, 7) is 0. The van der Waals surface area contributed by atoms with Gasteiger partial charge < -0.3 is 27.0 Å². The van der Waals surface area contributed by atoms with Gasteiger partial charge in [-0.3, -0.25) is 4.79 Å². The lowest BCUT2D eigenvalue weighted by Gasteiger charge is -2.03. The third-order valence-corrected chi connectivity index (χ3v) is 3.65. The van der Waals surface area contributed by atoms with Gasteiger partial charge in [-0.1, -0.05) is 35.3 Å². The molecule has 0 saturated heterocycles. The molecule has 2 aromatic carbocycles. The molecule has 156 valence electrons. The van der Waals surface area contributed by atoms with Gasteiger partial charge in [0, 0.05) is 10.0 Å². The van der Waals surface area contributed by atoms with Crippen LogP contribution in [-0.4, -0.2) is 29.0 Å². The number of hydrogen-bond donors (Lipinski definition) is 4. The van der Waals surface area contributed by atoms with E-state index in [4.69, 9.17) is 45.5 Å². The van der Waals surface area contributed by atoms with Crippen LogP contribution in [0.4, 0.5) is 4.79 Å². The molecule has 0 aromatic heterocycles. The standard InChI is InChI=1S/C9H9Cl2N3O.C8H7NO4.ClH/c10-6-2-1-3-7(11)5(6)4-8(15)14-9(12)13;9-8(12)13-6-3-1-2-5(4-6)7(10)11;/h1-3H,4H2,(H4,12,13,14,15);1-4H,(H2,9,12)(H,10,11);1H. The summed E-state index contributed by atoms with van der Waals surface area (Å²) in [6, 6.07) is 10.5. The molecule has 0 aliphatic rings. The second kappa shape index (κ2) is 12.4. The van der Waals surface area contributed by atoms with Crippen LogP contribution in [0.3, 0.4) is 0 Å². The summed E-state index contributed by atoms with van der Waals surface area (Å²) in [7, 11) is 0. The summed E-state index contributed by atoms with van der Waals surface area (Å²) in [6.07, 6.45) is -0.987. The Morgan fingerprint density at radius 3 is 2.03 bits per heavy atom. The van der Waals surface area contributed by atoms with Gasteiger partial charge in [0.1, 0.15) is 5.75 Å². The fraction of sp³-hybridized carbons (Fsp3) is 0.0588. The monoisotopic (exact) mass is 462 g/mol. The molecule has 0 atom stereocenters. The van der Waals surface area contributed by atoms with Gasteiger partial charge in [-0.25, -0.2) is 9.59 Å². The number of carbonyl (C=O) groups is 3. The van der Waals surface area contributed by atoms with Crippen molar-refractivity contribution in [2.75, 3.05) is 0 Å². The van der Waals surface area contributed by atoms with E-state index in [9.17, 15) is 14.4 Å². The molecule has 0 saturated carbocycles. The molecule has 0 aliphatic heterocycles. The Labute approximate surface area is 181 Å². The minimum atomic E-state index is -1.09. The molecule has 0 heterocycles. The summed E-state index contributed by atoms with van der Waals surface area (Å²) in [5.41, 5.74) is 15.4. The number of primary amides is 1. The molecule has 2 aromatic rings. The second-order valence-corrected chi connectivity index (χ2v) is 5.88. The van der Waals surface area contributed by atoms with Gasteiger partial charge in [0.25, 0.3) is 5.91 Å². The largest absolute Gasteiger partial charge is 0.478 e. The van der Waals surface area contributed by atoms with Gasteiger partial charge in [-0.15, -0.1) is 12.4 Å². The normalized spacial score (nSPS) is 9.17. The lowest BCUT2D eigenvalue weighted by Crippen LogP contribution is -2.24. The van der Waals surface area contributed by atoms with E-state index in [-0.39, 0.29) is 36.1 Å². The number of carboxylic acids is 1. The number of carboxylic acid groups (broad SMARTS) is 1. The van der Waals surface area contributed by atoms with Crippen molar-refractivity contribution in [3.63, 3.8) is 0 Å². The number of carbonyl (C=O) groups excluding carboxylic acids is 2. The van der Waals surface area contributed by atoms with E-state index in [0.29, 0.717) is 15.6 Å². The van der Waals surface area contributed by atoms with E-state index in [1.165, 1.54) is 24.3 Å². The van der Waals surface area contributed by atoms with Crippen molar-refractivity contribution in [3.8, 4) is 5.75 Å². The molecule has 0 unspecified atom stereocenters. The van der Waals surface area contributed by atoms with Crippen LogP contribution in [0.5, 0.6) is 5.75 Å². The first-order valence-corrected chi connectivity index (χ1v) is 8.21. The number of halogens is 3. The molecule has 0 fully saturated rings. The first kappa shape index (κ1) is 26.0. The third-order valence-electron chi connectivity index (χ3n) is 2.94. The number of guanidine groups is 1. The molecule has 2 amide bonds. The fourth-order valence-electron chi connectivity index (χ4n) is 1.84. The van der Waals surface area contributed by atoms with Gasteiger partial charge in [0.15, 0.2) is 5.96 Å². The number of nitrogens with zero attached hydrogens (tertiary/aromatic N) is 1. The van der Waals surface area contributed by atoms with Crippen molar-refractivity contribution in [2.24, 2.45) is 22.2 Å². The van der Waals surface area contributed by atoms with Crippen LogP contribution in [-0.2, 0) is 11.2 Å². The van der Waals surface area contributed by atoms with Crippen molar-refractivity contribution >= 4 is 59.5 Å². The minimum absolute atomic E-state index is 0. The molecule has 0 radical (unpaired) electrons. The van der Waals surface area contributed by atoms with Gasteiger partial charge >= 0.3 is 12.1 Å². The maximum Gasteiger partial charge on any atom is 0.409 e. The first-order chi connectivity index (χ1) is 13.1. The van der Waals surface area contributed by atoms with Crippen molar-refractivity contribution in [1.82, 2.24) is 0 Å². The topological polar surface area (TPSA) is 171 Å². The van der Waals surface area contributed by atoms with Crippen LogP contribution in [0.25, 0.3) is 0 Å². The van der Waals surface area contributed by atoms with Crippen LogP contribution in [0, 0.1) is 0 Å². The molecule has 7 N–H and O–H groups in total. The van der Waals surface area contributed by atoms with Crippen LogP contribution in [0.2, 0.25) is 10.0 Å². The molecule has 12 heteroatoms. The lowest BCUT2D eigenvalue weighted by atomic mass is 10.1. The van der Waals surface area contributed by atoms with Crippen LogP contribution in [0.15, 0.2) is 47.5 Å². The number of hydrogen-bond acceptors (Lipinski definition) is 4. The van der Waals surface area contributed by atoms with Gasteiger partial charge in [-0.2, -0.15) is 4.99 Å².